The van der Waals surface area contributed by atoms with Gasteiger partial charge < -0.3 is 5.11 Å². The summed E-state index contributed by atoms with van der Waals surface area (Å²) < 4.78 is 26.8. The average Bonchev–Trinajstić information content (AvgIpc) is 2.36. The van der Waals surface area contributed by atoms with Crippen LogP contribution in [0, 0.1) is 18.6 Å². The van der Waals surface area contributed by atoms with Gasteiger partial charge in [0.25, 0.3) is 0 Å². The van der Waals surface area contributed by atoms with Gasteiger partial charge in [0.05, 0.1) is 0 Å². The Morgan fingerprint density at radius 3 is 2.24 bits per heavy atom. The number of hydrogen-bond donors (Lipinski definition) is 1. The molecule has 1 nitrogen and oxygen atoms in total. The number of aromatic hydroxyl groups is 1. The molecule has 2 rings (SSSR count). The molecule has 1 unspecified atom stereocenters. The van der Waals surface area contributed by atoms with E-state index in [1.54, 1.807) is 0 Å². The molecule has 0 saturated carbocycles. The number of rotatable bonds is 2. The molecule has 0 saturated heterocycles. The Labute approximate surface area is 125 Å². The molecule has 0 amide bonds. The Morgan fingerprint density at radius 1 is 1.00 bits per heavy atom. The summed E-state index contributed by atoms with van der Waals surface area (Å²) in [5, 5.41) is 11.3. The Kier molecular flexibility index (Phi) is 4.34. The average molecular weight is 308 g/mol. The van der Waals surface area contributed by atoms with E-state index < -0.39 is 11.6 Å². The van der Waals surface area contributed by atoms with Gasteiger partial charge in [-0.05, 0) is 41.7 Å². The second-order valence-corrected chi connectivity index (χ2v) is 7.52. The van der Waals surface area contributed by atoms with Gasteiger partial charge >= 0.3 is 0 Å². The van der Waals surface area contributed by atoms with Crippen LogP contribution in [0.5, 0.6) is 5.75 Å². The summed E-state index contributed by atoms with van der Waals surface area (Å²) in [5.41, 5.74) is 1.80. The standard InChI is InChI=1S/C17H19F2OP/c1-10-7-11(17(2,3)4)8-15(16(10)20)21-14-6-5-12(18)9-13(14)19/h5-9,20-21H,1-4H3. The lowest BCUT2D eigenvalue weighted by atomic mass is 9.86. The molecule has 0 aromatic heterocycles. The predicted octanol–water partition coefficient (Wildman–Crippen LogP) is 3.91. The zero-order valence-corrected chi connectivity index (χ0v) is 13.6. The van der Waals surface area contributed by atoms with E-state index in [0.717, 1.165) is 17.2 Å². The number of phenolic OH excluding ortho intramolecular Hbond substituents is 1. The lowest BCUT2D eigenvalue weighted by molar-refractivity contribution is 0.474. The summed E-state index contributed by atoms with van der Waals surface area (Å²) in [7, 11) is -0.0490. The highest BCUT2D eigenvalue weighted by Crippen LogP contribution is 2.30. The zero-order valence-electron chi connectivity index (χ0n) is 12.6. The minimum atomic E-state index is -0.593. The maximum absolute atomic E-state index is 13.8. The number of benzene rings is 2. The highest BCUT2D eigenvalue weighted by Gasteiger charge is 2.18. The van der Waals surface area contributed by atoms with E-state index in [0.29, 0.717) is 10.6 Å². The number of phenols is 1. The first-order chi connectivity index (χ1) is 9.68. The summed E-state index contributed by atoms with van der Waals surface area (Å²) in [4.78, 5) is 0. The number of hydrogen-bond acceptors (Lipinski definition) is 1. The van der Waals surface area contributed by atoms with Crippen LogP contribution in [0.2, 0.25) is 0 Å². The monoisotopic (exact) mass is 308 g/mol. The van der Waals surface area contributed by atoms with Gasteiger partial charge in [0, 0.05) is 16.7 Å². The van der Waals surface area contributed by atoms with Crippen LogP contribution in [-0.2, 0) is 5.41 Å². The van der Waals surface area contributed by atoms with Crippen molar-refractivity contribution in [2.45, 2.75) is 33.1 Å². The normalized spacial score (nSPS) is 12.3. The van der Waals surface area contributed by atoms with Crippen LogP contribution in [0.4, 0.5) is 8.78 Å². The van der Waals surface area contributed by atoms with Crippen molar-refractivity contribution < 1.29 is 13.9 Å². The largest absolute Gasteiger partial charge is 0.507 e. The van der Waals surface area contributed by atoms with Gasteiger partial charge in [0.15, 0.2) is 0 Å². The van der Waals surface area contributed by atoms with Crippen LogP contribution >= 0.6 is 8.58 Å². The smallest absolute Gasteiger partial charge is 0.133 e. The summed E-state index contributed by atoms with van der Waals surface area (Å²) in [6, 6.07) is 7.40. The lowest BCUT2D eigenvalue weighted by Gasteiger charge is -2.22. The fourth-order valence-electron chi connectivity index (χ4n) is 2.04. The molecule has 4 heteroatoms. The molecule has 2 aromatic rings. The minimum absolute atomic E-state index is 0.0490. The maximum atomic E-state index is 13.8. The fraction of sp³-hybridized carbons (Fsp3) is 0.294. The highest BCUT2D eigenvalue weighted by molar-refractivity contribution is 7.55. The van der Waals surface area contributed by atoms with Crippen LogP contribution in [0.1, 0.15) is 31.9 Å². The molecule has 0 aliphatic heterocycles. The maximum Gasteiger partial charge on any atom is 0.133 e. The molecule has 2 aromatic carbocycles. The van der Waals surface area contributed by atoms with Crippen LogP contribution in [0.3, 0.4) is 0 Å². The van der Waals surface area contributed by atoms with Gasteiger partial charge in [-0.15, -0.1) is 0 Å². The van der Waals surface area contributed by atoms with Crippen molar-refractivity contribution in [1.29, 1.82) is 0 Å². The third-order valence-electron chi connectivity index (χ3n) is 3.37. The Morgan fingerprint density at radius 2 is 1.67 bits per heavy atom. The van der Waals surface area contributed by atoms with Crippen molar-refractivity contribution in [2.75, 3.05) is 0 Å². The third kappa shape index (κ3) is 3.59. The number of halogens is 2. The molecule has 0 spiro atoms. The van der Waals surface area contributed by atoms with Gasteiger partial charge in [0.2, 0.25) is 0 Å². The molecule has 0 aliphatic rings. The summed E-state index contributed by atoms with van der Waals surface area (Å²) in [5.74, 6) is -0.985. The Hall–Kier alpha value is -1.47. The molecule has 0 aliphatic carbocycles. The van der Waals surface area contributed by atoms with Crippen LogP contribution in [0.25, 0.3) is 0 Å². The van der Waals surface area contributed by atoms with Crippen molar-refractivity contribution >= 4 is 19.2 Å². The van der Waals surface area contributed by atoms with Crippen LogP contribution in [-0.4, -0.2) is 5.11 Å². The molecule has 0 heterocycles. The molecule has 0 fully saturated rings. The Balaban J connectivity index is 2.46. The highest BCUT2D eigenvalue weighted by atomic mass is 31.1. The van der Waals surface area contributed by atoms with Gasteiger partial charge in [-0.1, -0.05) is 35.4 Å². The van der Waals surface area contributed by atoms with Gasteiger partial charge in [-0.3, -0.25) is 0 Å². The van der Waals surface area contributed by atoms with E-state index in [1.165, 1.54) is 12.1 Å². The molecule has 1 N–H and O–H groups in total. The van der Waals surface area contributed by atoms with Crippen LogP contribution < -0.4 is 10.6 Å². The molecule has 1 atom stereocenters. The first-order valence-electron chi connectivity index (χ1n) is 6.74. The summed E-state index contributed by atoms with van der Waals surface area (Å²) in [6.45, 7) is 8.10. The van der Waals surface area contributed by atoms with Crippen molar-refractivity contribution in [1.82, 2.24) is 0 Å². The van der Waals surface area contributed by atoms with E-state index in [9.17, 15) is 13.9 Å². The van der Waals surface area contributed by atoms with Crippen molar-refractivity contribution in [3.05, 3.63) is 53.1 Å². The predicted molar refractivity (Wildman–Crippen MR) is 85.5 cm³/mol. The Bertz CT molecular complexity index is 675. The first-order valence-corrected chi connectivity index (χ1v) is 7.74. The molecule has 0 bridgehead atoms. The molecular formula is C17H19F2OP. The number of aryl methyl sites for hydroxylation is 1. The summed E-state index contributed by atoms with van der Waals surface area (Å²) >= 11 is 0. The second-order valence-electron chi connectivity index (χ2n) is 6.19. The van der Waals surface area contributed by atoms with E-state index in [-0.39, 0.29) is 19.7 Å². The quantitative estimate of drug-likeness (QED) is 0.834. The van der Waals surface area contributed by atoms with Crippen molar-refractivity contribution in [3.8, 4) is 5.75 Å². The third-order valence-corrected chi connectivity index (χ3v) is 4.69. The minimum Gasteiger partial charge on any atom is -0.507 e. The van der Waals surface area contributed by atoms with Crippen molar-refractivity contribution in [2.24, 2.45) is 0 Å². The lowest BCUT2D eigenvalue weighted by Crippen LogP contribution is -2.16. The van der Waals surface area contributed by atoms with E-state index in [2.05, 4.69) is 20.8 Å². The molecular weight excluding hydrogens is 289 g/mol. The van der Waals surface area contributed by atoms with Crippen molar-refractivity contribution in [3.63, 3.8) is 0 Å². The SMILES string of the molecule is Cc1cc(C(C)(C)C)cc(Pc2ccc(F)cc2F)c1O. The summed E-state index contributed by atoms with van der Waals surface area (Å²) in [6.07, 6.45) is 0. The van der Waals surface area contributed by atoms with Crippen LogP contribution in [0.15, 0.2) is 30.3 Å². The van der Waals surface area contributed by atoms with E-state index in [4.69, 9.17) is 0 Å². The fourth-order valence-corrected chi connectivity index (χ4v) is 3.24. The van der Waals surface area contributed by atoms with Gasteiger partial charge in [-0.25, -0.2) is 8.78 Å². The molecule has 112 valence electrons. The first kappa shape index (κ1) is 15.9. The van der Waals surface area contributed by atoms with Gasteiger partial charge in [0.1, 0.15) is 17.4 Å². The molecule has 21 heavy (non-hydrogen) atoms. The molecule has 0 radical (unpaired) electrons. The topological polar surface area (TPSA) is 20.2 Å². The van der Waals surface area contributed by atoms with E-state index in [1.807, 2.05) is 19.1 Å². The zero-order chi connectivity index (χ0) is 15.8. The second kappa shape index (κ2) is 5.73. The van der Waals surface area contributed by atoms with Gasteiger partial charge in [-0.2, -0.15) is 0 Å². The van der Waals surface area contributed by atoms with E-state index >= 15 is 0 Å².